The molecule has 0 heterocycles. The van der Waals surface area contributed by atoms with Crippen molar-refractivity contribution in [1.29, 1.82) is 0 Å². The lowest BCUT2D eigenvalue weighted by molar-refractivity contribution is 0.161. The number of nitrogens with zero attached hydrogens (tertiary/aromatic N) is 2. The van der Waals surface area contributed by atoms with Crippen LogP contribution in [0.2, 0.25) is 0 Å². The lowest BCUT2D eigenvalue weighted by Gasteiger charge is -1.91. The molecule has 0 aliphatic heterocycles. The second-order valence-electron chi connectivity index (χ2n) is 1.35. The fourth-order valence-electron chi connectivity index (χ4n) is 0.267. The summed E-state index contributed by atoms with van der Waals surface area (Å²) in [5.41, 5.74) is 1.66. The van der Waals surface area contributed by atoms with Gasteiger partial charge < -0.3 is 4.74 Å². The van der Waals surface area contributed by atoms with Crippen molar-refractivity contribution in [2.45, 2.75) is 6.92 Å². The van der Waals surface area contributed by atoms with Crippen molar-refractivity contribution in [3.8, 4) is 0 Å². The summed E-state index contributed by atoms with van der Waals surface area (Å²) in [5.74, 6) is 4.63. The number of urea groups is 1. The monoisotopic (exact) mass is 160 g/mol. The first-order chi connectivity index (χ1) is 5.20. The van der Waals surface area contributed by atoms with Crippen LogP contribution in [0, 0.1) is 0 Å². The van der Waals surface area contributed by atoms with Crippen LogP contribution >= 0.6 is 0 Å². The normalized spacial score (nSPS) is 9.64. The number of azo groups is 1. The molecule has 0 aliphatic carbocycles. The van der Waals surface area contributed by atoms with Crippen LogP contribution in [0.4, 0.5) is 9.59 Å². The van der Waals surface area contributed by atoms with E-state index in [0.29, 0.717) is 0 Å². The van der Waals surface area contributed by atoms with E-state index in [1.165, 1.54) is 0 Å². The number of carbonyl (C=O) groups excluding carboxylic acids is 2. The van der Waals surface area contributed by atoms with Gasteiger partial charge in [0.1, 0.15) is 0 Å². The first-order valence-corrected chi connectivity index (χ1v) is 2.79. The van der Waals surface area contributed by atoms with Gasteiger partial charge in [0.05, 0.1) is 6.61 Å². The summed E-state index contributed by atoms with van der Waals surface area (Å²) in [6.45, 7) is 1.79. The van der Waals surface area contributed by atoms with E-state index >= 15 is 0 Å². The molecule has 0 bridgehead atoms. The van der Waals surface area contributed by atoms with Gasteiger partial charge in [0.2, 0.25) is 0 Å². The molecule has 7 heteroatoms. The van der Waals surface area contributed by atoms with Crippen molar-refractivity contribution >= 4 is 12.1 Å². The molecule has 0 atom stereocenters. The molecule has 0 aliphatic rings. The third-order valence-corrected chi connectivity index (χ3v) is 0.614. The zero-order chi connectivity index (χ0) is 8.69. The summed E-state index contributed by atoms with van der Waals surface area (Å²) in [6.07, 6.45) is -0.920. The van der Waals surface area contributed by atoms with E-state index in [-0.39, 0.29) is 6.61 Å². The van der Waals surface area contributed by atoms with Gasteiger partial charge in [0, 0.05) is 0 Å². The third-order valence-electron chi connectivity index (χ3n) is 0.614. The number of rotatable bonds is 1. The number of amides is 3. The van der Waals surface area contributed by atoms with Crippen LogP contribution < -0.4 is 11.3 Å². The highest BCUT2D eigenvalue weighted by atomic mass is 16.5. The lowest BCUT2D eigenvalue weighted by Crippen LogP contribution is -2.26. The minimum atomic E-state index is -0.920. The predicted molar refractivity (Wildman–Crippen MR) is 34.6 cm³/mol. The maximum atomic E-state index is 10.4. The molecule has 0 fully saturated rings. The highest BCUT2D eigenvalue weighted by Gasteiger charge is 1.98. The third kappa shape index (κ3) is 4.97. The molecule has 0 aromatic carbocycles. The van der Waals surface area contributed by atoms with Gasteiger partial charge in [0.25, 0.3) is 0 Å². The largest absolute Gasteiger partial charge is 0.452 e. The summed E-state index contributed by atoms with van der Waals surface area (Å²) in [5, 5.41) is 5.69. The van der Waals surface area contributed by atoms with Crippen molar-refractivity contribution < 1.29 is 14.3 Å². The molecule has 0 radical (unpaired) electrons. The molecule has 7 nitrogen and oxygen atoms in total. The molecule has 0 aromatic rings. The molecular formula is C4H8N4O3. The molecule has 0 aromatic heterocycles. The molecule has 3 amide bonds. The number of nitrogens with two attached hydrogens (primary N) is 1. The Balaban J connectivity index is 3.73. The van der Waals surface area contributed by atoms with Crippen LogP contribution in [0.3, 0.4) is 0 Å². The SMILES string of the molecule is CCOC(=O)N=NC(=O)NN. The maximum Gasteiger partial charge on any atom is 0.452 e. The molecule has 0 spiro atoms. The molecule has 62 valence electrons. The zero-order valence-corrected chi connectivity index (χ0v) is 5.90. The fraction of sp³-hybridized carbons (Fsp3) is 0.500. The number of hydrogen-bond donors (Lipinski definition) is 2. The van der Waals surface area contributed by atoms with Crippen LogP contribution in [0.15, 0.2) is 10.2 Å². The van der Waals surface area contributed by atoms with E-state index in [1.54, 1.807) is 12.3 Å². The topological polar surface area (TPSA) is 106 Å². The van der Waals surface area contributed by atoms with Crippen molar-refractivity contribution in [1.82, 2.24) is 5.43 Å². The van der Waals surface area contributed by atoms with Gasteiger partial charge >= 0.3 is 12.1 Å². The molecule has 3 N–H and O–H groups in total. The second-order valence-corrected chi connectivity index (χ2v) is 1.35. The van der Waals surface area contributed by atoms with Gasteiger partial charge in [-0.1, -0.05) is 10.2 Å². The Hall–Kier alpha value is -1.50. The van der Waals surface area contributed by atoms with E-state index in [1.807, 2.05) is 0 Å². The Labute approximate surface area is 62.6 Å². The number of carbonyl (C=O) groups is 2. The smallest absolute Gasteiger partial charge is 0.447 e. The van der Waals surface area contributed by atoms with E-state index in [0.717, 1.165) is 0 Å². The summed E-state index contributed by atoms with van der Waals surface area (Å²) >= 11 is 0. The van der Waals surface area contributed by atoms with Crippen LogP contribution in [0.5, 0.6) is 0 Å². The Bertz CT molecular complexity index is 178. The molecule has 0 rings (SSSR count). The number of nitrogens with one attached hydrogen (secondary N) is 1. The minimum Gasteiger partial charge on any atom is -0.447 e. The number of hydrazine groups is 1. The van der Waals surface area contributed by atoms with Gasteiger partial charge in [0.15, 0.2) is 0 Å². The van der Waals surface area contributed by atoms with Crippen LogP contribution in [0.1, 0.15) is 6.92 Å². The molecule has 0 saturated heterocycles. The fourth-order valence-corrected chi connectivity index (χ4v) is 0.267. The number of hydrogen-bond acceptors (Lipinski definition) is 4. The average Bonchev–Trinajstić information content (AvgIpc) is 2.01. The summed E-state index contributed by atoms with van der Waals surface area (Å²) < 4.78 is 4.32. The van der Waals surface area contributed by atoms with Crippen LogP contribution in [-0.2, 0) is 4.74 Å². The summed E-state index contributed by atoms with van der Waals surface area (Å²) in [7, 11) is 0. The second kappa shape index (κ2) is 5.30. The maximum absolute atomic E-state index is 10.4. The predicted octanol–water partition coefficient (Wildman–Crippen LogP) is 0.178. The highest BCUT2D eigenvalue weighted by molar-refractivity contribution is 5.76. The molecule has 0 saturated carbocycles. The van der Waals surface area contributed by atoms with Gasteiger partial charge in [-0.2, -0.15) is 0 Å². The van der Waals surface area contributed by atoms with E-state index in [9.17, 15) is 9.59 Å². The van der Waals surface area contributed by atoms with Crippen molar-refractivity contribution in [3.05, 3.63) is 0 Å². The van der Waals surface area contributed by atoms with E-state index < -0.39 is 12.1 Å². The average molecular weight is 160 g/mol. The first kappa shape index (κ1) is 9.50. The Kier molecular flexibility index (Phi) is 4.58. The van der Waals surface area contributed by atoms with Gasteiger partial charge in [-0.25, -0.2) is 15.4 Å². The van der Waals surface area contributed by atoms with Gasteiger partial charge in [-0.05, 0) is 6.92 Å². The van der Waals surface area contributed by atoms with Crippen LogP contribution in [-0.4, -0.2) is 18.7 Å². The van der Waals surface area contributed by atoms with Crippen molar-refractivity contribution in [2.75, 3.05) is 6.61 Å². The molecule has 0 unspecified atom stereocenters. The van der Waals surface area contributed by atoms with Gasteiger partial charge in [-0.15, -0.1) is 0 Å². The Morgan fingerprint density at radius 1 is 1.55 bits per heavy atom. The summed E-state index contributed by atoms with van der Waals surface area (Å²) in [6, 6.07) is -0.905. The van der Waals surface area contributed by atoms with Crippen molar-refractivity contribution in [3.63, 3.8) is 0 Å². The quantitative estimate of drug-likeness (QED) is 0.247. The number of ether oxygens (including phenoxy) is 1. The Morgan fingerprint density at radius 2 is 2.18 bits per heavy atom. The van der Waals surface area contributed by atoms with Gasteiger partial charge in [-0.3, -0.25) is 5.43 Å². The zero-order valence-electron chi connectivity index (χ0n) is 5.90. The Morgan fingerprint density at radius 3 is 2.64 bits per heavy atom. The minimum absolute atomic E-state index is 0.183. The van der Waals surface area contributed by atoms with E-state index in [4.69, 9.17) is 0 Å². The lowest BCUT2D eigenvalue weighted by atomic mass is 10.9. The molecular weight excluding hydrogens is 152 g/mol. The first-order valence-electron chi connectivity index (χ1n) is 2.79. The summed E-state index contributed by atoms with van der Waals surface area (Å²) in [4.78, 5) is 20.6. The van der Waals surface area contributed by atoms with Crippen LogP contribution in [0.25, 0.3) is 0 Å². The highest BCUT2D eigenvalue weighted by Crippen LogP contribution is 1.84. The van der Waals surface area contributed by atoms with Crippen molar-refractivity contribution in [2.24, 2.45) is 16.1 Å². The van der Waals surface area contributed by atoms with E-state index in [2.05, 4.69) is 20.8 Å². The standard InChI is InChI=1S/C4H8N4O3/c1-2-11-4(10)8-7-3(9)6-5/h2,5H2,1H3,(H,6,9). The molecule has 11 heavy (non-hydrogen) atoms.